The van der Waals surface area contributed by atoms with E-state index in [4.69, 9.17) is 10.5 Å². The Morgan fingerprint density at radius 2 is 1.91 bits per heavy atom. The van der Waals surface area contributed by atoms with Gasteiger partial charge in [0.15, 0.2) is 6.61 Å². The minimum atomic E-state index is -0.528. The topological polar surface area (TPSA) is 102 Å². The first kappa shape index (κ1) is 22.5. The van der Waals surface area contributed by atoms with Gasteiger partial charge in [0.05, 0.1) is 5.52 Å². The van der Waals surface area contributed by atoms with Gasteiger partial charge in [-0.2, -0.15) is 0 Å². The number of benzene rings is 2. The summed E-state index contributed by atoms with van der Waals surface area (Å²) in [6.45, 7) is 4.59. The molecule has 172 valence electrons. The molecule has 1 atom stereocenters. The monoisotopic (exact) mass is 447 g/mol. The van der Waals surface area contributed by atoms with Crippen LogP contribution in [0.4, 0.5) is 0 Å². The molecule has 0 aliphatic carbocycles. The summed E-state index contributed by atoms with van der Waals surface area (Å²) >= 11 is 0. The lowest BCUT2D eigenvalue weighted by molar-refractivity contribution is -0.119. The fourth-order valence-corrected chi connectivity index (χ4v) is 4.58. The number of nitrogens with one attached hydrogen (secondary N) is 1. The molecule has 2 aromatic carbocycles. The first-order valence-electron chi connectivity index (χ1n) is 10.8. The van der Waals surface area contributed by atoms with Gasteiger partial charge in [0.2, 0.25) is 0 Å². The van der Waals surface area contributed by atoms with Gasteiger partial charge in [0.1, 0.15) is 11.4 Å². The zero-order chi connectivity index (χ0) is 23.9. The van der Waals surface area contributed by atoms with Crippen LogP contribution < -0.4 is 15.8 Å². The first-order chi connectivity index (χ1) is 15.7. The van der Waals surface area contributed by atoms with Gasteiger partial charge in [0, 0.05) is 47.5 Å². The van der Waals surface area contributed by atoms with Crippen molar-refractivity contribution in [3.63, 3.8) is 0 Å². The van der Waals surface area contributed by atoms with Crippen molar-refractivity contribution in [3.8, 4) is 5.75 Å². The highest BCUT2D eigenvalue weighted by atomic mass is 16.5. The van der Waals surface area contributed by atoms with Crippen LogP contribution in [0, 0.1) is 6.92 Å². The highest BCUT2D eigenvalue weighted by Crippen LogP contribution is 2.37. The molecule has 0 fully saturated rings. The number of rotatable bonds is 7. The van der Waals surface area contributed by atoms with E-state index in [0.29, 0.717) is 11.4 Å². The molecule has 8 heteroatoms. The van der Waals surface area contributed by atoms with E-state index in [1.807, 2.05) is 63.3 Å². The molecule has 0 aliphatic rings. The zero-order valence-corrected chi connectivity index (χ0v) is 19.6. The lowest BCUT2D eigenvalue weighted by atomic mass is 10.00. The molecule has 0 radical (unpaired) electrons. The summed E-state index contributed by atoms with van der Waals surface area (Å²) < 4.78 is 7.66. The lowest BCUT2D eigenvalue weighted by Gasteiger charge is -2.18. The number of pyridine rings is 1. The molecule has 2 amide bonds. The number of aromatic nitrogens is 2. The van der Waals surface area contributed by atoms with Gasteiger partial charge in [0.25, 0.3) is 11.8 Å². The zero-order valence-electron chi connectivity index (χ0n) is 19.6. The molecule has 0 unspecified atom stereocenters. The fraction of sp³-hybridized carbons (Fsp3) is 0.320. The number of primary amides is 1. The number of aryl methyl sites for hydroxylation is 2. The highest BCUT2D eigenvalue weighted by molar-refractivity contribution is 6.17. The minimum Gasteiger partial charge on any atom is -0.484 e. The van der Waals surface area contributed by atoms with Crippen molar-refractivity contribution < 1.29 is 14.3 Å². The standard InChI is InChI=1S/C25H29N5O3/c1-14(12-29(3)4)28-25(32)23-19-11-20-18-10-16(33-13-22(26)31)6-7-21(18)30(5)24(20)15(2)17(19)8-9-27-23/h6-11,14H,12-13H2,1-5H3,(H2,26,31)(H,28,32)/t14-/m1/s1. The third-order valence-corrected chi connectivity index (χ3v) is 5.86. The lowest BCUT2D eigenvalue weighted by Crippen LogP contribution is -2.39. The number of amides is 2. The molecule has 8 nitrogen and oxygen atoms in total. The molecular weight excluding hydrogens is 418 g/mol. The fourth-order valence-electron chi connectivity index (χ4n) is 4.58. The summed E-state index contributed by atoms with van der Waals surface area (Å²) in [5, 5.41) is 6.80. The third-order valence-electron chi connectivity index (χ3n) is 5.86. The number of nitrogens with zero attached hydrogens (tertiary/aromatic N) is 3. The largest absolute Gasteiger partial charge is 0.484 e. The Hall–Kier alpha value is -3.65. The number of hydrogen-bond acceptors (Lipinski definition) is 5. The molecule has 3 N–H and O–H groups in total. The maximum absolute atomic E-state index is 13.1. The van der Waals surface area contributed by atoms with Crippen LogP contribution in [0.25, 0.3) is 32.6 Å². The Bertz CT molecular complexity index is 1390. The maximum atomic E-state index is 13.1. The smallest absolute Gasteiger partial charge is 0.270 e. The number of carbonyl (C=O) groups excluding carboxylic acids is 2. The minimum absolute atomic E-state index is 0.0168. The quantitative estimate of drug-likeness (QED) is 0.454. The number of likely N-dealkylation sites (N-methyl/N-ethyl adjacent to an activating group) is 1. The van der Waals surface area contributed by atoms with E-state index >= 15 is 0 Å². The van der Waals surface area contributed by atoms with Crippen LogP contribution >= 0.6 is 0 Å². The predicted octanol–water partition coefficient (Wildman–Crippen LogP) is 2.73. The Morgan fingerprint density at radius 3 is 2.61 bits per heavy atom. The van der Waals surface area contributed by atoms with E-state index in [1.165, 1.54) is 0 Å². The number of ether oxygens (including phenoxy) is 1. The van der Waals surface area contributed by atoms with Crippen LogP contribution in [-0.2, 0) is 11.8 Å². The molecule has 0 saturated carbocycles. The Labute approximate surface area is 192 Å². The van der Waals surface area contributed by atoms with Gasteiger partial charge in [-0.1, -0.05) is 0 Å². The van der Waals surface area contributed by atoms with E-state index in [1.54, 1.807) is 6.20 Å². The van der Waals surface area contributed by atoms with Crippen LogP contribution in [0.1, 0.15) is 23.0 Å². The summed E-state index contributed by atoms with van der Waals surface area (Å²) in [5.41, 5.74) is 8.79. The SMILES string of the molecule is Cc1c2ccnc(C(=O)N[C@H](C)CN(C)C)c2cc2c3cc(OCC(N)=O)ccc3n(C)c12. The van der Waals surface area contributed by atoms with Crippen molar-refractivity contribution in [1.82, 2.24) is 19.8 Å². The van der Waals surface area contributed by atoms with E-state index in [-0.39, 0.29) is 18.6 Å². The molecular formula is C25H29N5O3. The molecule has 4 rings (SSSR count). The van der Waals surface area contributed by atoms with Gasteiger partial charge in [-0.05, 0) is 69.2 Å². The molecule has 0 bridgehead atoms. The second-order valence-corrected chi connectivity index (χ2v) is 8.78. The third kappa shape index (κ3) is 4.21. The summed E-state index contributed by atoms with van der Waals surface area (Å²) in [6, 6.07) is 9.65. The van der Waals surface area contributed by atoms with Gasteiger partial charge in [-0.25, -0.2) is 0 Å². The molecule has 2 aromatic heterocycles. The number of carbonyl (C=O) groups is 2. The van der Waals surface area contributed by atoms with Crippen molar-refractivity contribution in [3.05, 3.63) is 47.8 Å². The van der Waals surface area contributed by atoms with E-state index < -0.39 is 5.91 Å². The molecule has 0 aliphatic heterocycles. The number of hydrogen-bond donors (Lipinski definition) is 2. The van der Waals surface area contributed by atoms with E-state index in [0.717, 1.165) is 44.7 Å². The van der Waals surface area contributed by atoms with Crippen molar-refractivity contribution in [2.24, 2.45) is 12.8 Å². The van der Waals surface area contributed by atoms with Gasteiger partial charge >= 0.3 is 0 Å². The highest BCUT2D eigenvalue weighted by Gasteiger charge is 2.19. The first-order valence-corrected chi connectivity index (χ1v) is 10.8. The predicted molar refractivity (Wildman–Crippen MR) is 131 cm³/mol. The van der Waals surface area contributed by atoms with Crippen molar-refractivity contribution in [2.75, 3.05) is 27.2 Å². The molecule has 33 heavy (non-hydrogen) atoms. The second kappa shape index (κ2) is 8.71. The Balaban J connectivity index is 1.88. The van der Waals surface area contributed by atoms with E-state index in [2.05, 4.69) is 21.8 Å². The number of nitrogens with two attached hydrogens (primary N) is 1. The summed E-state index contributed by atoms with van der Waals surface area (Å²) in [7, 11) is 5.97. The average molecular weight is 448 g/mol. The molecule has 4 aromatic rings. The molecule has 2 heterocycles. The Morgan fingerprint density at radius 1 is 1.15 bits per heavy atom. The van der Waals surface area contributed by atoms with Gasteiger partial charge in [-0.3, -0.25) is 14.6 Å². The van der Waals surface area contributed by atoms with Crippen LogP contribution in [0.3, 0.4) is 0 Å². The average Bonchev–Trinajstić information content (AvgIpc) is 3.03. The maximum Gasteiger partial charge on any atom is 0.270 e. The van der Waals surface area contributed by atoms with E-state index in [9.17, 15) is 9.59 Å². The summed E-state index contributed by atoms with van der Waals surface area (Å²) in [4.78, 5) is 30.7. The Kier molecular flexibility index (Phi) is 5.95. The number of fused-ring (bicyclic) bond motifs is 4. The van der Waals surface area contributed by atoms with Crippen LogP contribution in [0.2, 0.25) is 0 Å². The van der Waals surface area contributed by atoms with Crippen LogP contribution in [0.5, 0.6) is 5.75 Å². The molecule has 0 saturated heterocycles. The second-order valence-electron chi connectivity index (χ2n) is 8.78. The van der Waals surface area contributed by atoms with Crippen molar-refractivity contribution in [2.45, 2.75) is 19.9 Å². The molecule has 0 spiro atoms. The van der Waals surface area contributed by atoms with Crippen LogP contribution in [-0.4, -0.2) is 59.6 Å². The van der Waals surface area contributed by atoms with Gasteiger partial charge < -0.3 is 25.3 Å². The summed E-state index contributed by atoms with van der Waals surface area (Å²) in [5.74, 6) is -0.160. The van der Waals surface area contributed by atoms with Crippen LogP contribution in [0.15, 0.2) is 36.5 Å². The van der Waals surface area contributed by atoms with Crippen molar-refractivity contribution >= 4 is 44.4 Å². The van der Waals surface area contributed by atoms with Crippen molar-refractivity contribution in [1.29, 1.82) is 0 Å². The normalized spacial score (nSPS) is 12.5. The summed E-state index contributed by atoms with van der Waals surface area (Å²) in [6.07, 6.45) is 1.69. The van der Waals surface area contributed by atoms with Gasteiger partial charge in [-0.15, -0.1) is 0 Å².